The van der Waals surface area contributed by atoms with Gasteiger partial charge in [-0.15, -0.1) is 0 Å². The lowest BCUT2D eigenvalue weighted by Crippen LogP contribution is -2.51. The highest BCUT2D eigenvalue weighted by Gasteiger charge is 2.25. The Morgan fingerprint density at radius 3 is 2.37 bits per heavy atom. The summed E-state index contributed by atoms with van der Waals surface area (Å²) in [5.41, 5.74) is 0.770. The number of benzene rings is 1. The molecule has 0 radical (unpaired) electrons. The number of carbonyl (C=O) groups excluding carboxylic acids is 1. The molecule has 1 aromatic carbocycles. The average Bonchev–Trinajstić information content (AvgIpc) is 3.41. The standard InChI is InChI=1S/C21H29N5O4/c27-18(15-26-20(22-30-21(26)29)17-6-2-1-3-7-17)14-23-10-12-24(13-11-23)16-19(28)25-8-4-5-9-25/h1-3,6-7,18,27H,4-5,8-16H2. The van der Waals surface area contributed by atoms with E-state index >= 15 is 0 Å². The molecule has 1 amide bonds. The number of aliphatic hydroxyl groups is 1. The van der Waals surface area contributed by atoms with Crippen LogP contribution in [0.25, 0.3) is 11.4 Å². The van der Waals surface area contributed by atoms with Crippen molar-refractivity contribution in [2.75, 3.05) is 52.4 Å². The smallest absolute Gasteiger partial charge is 0.390 e. The molecule has 9 heteroatoms. The van der Waals surface area contributed by atoms with E-state index in [1.165, 1.54) is 4.57 Å². The fourth-order valence-electron chi connectivity index (χ4n) is 4.18. The Kier molecular flexibility index (Phi) is 6.61. The number of aromatic nitrogens is 2. The molecule has 4 rings (SSSR count). The fourth-order valence-corrected chi connectivity index (χ4v) is 4.18. The molecule has 1 aromatic heterocycles. The minimum atomic E-state index is -0.720. The molecule has 0 aliphatic carbocycles. The van der Waals surface area contributed by atoms with E-state index in [9.17, 15) is 14.7 Å². The van der Waals surface area contributed by atoms with Gasteiger partial charge in [-0.2, -0.15) is 0 Å². The van der Waals surface area contributed by atoms with Crippen molar-refractivity contribution in [3.8, 4) is 11.4 Å². The molecule has 2 aliphatic heterocycles. The Labute approximate surface area is 175 Å². The molecule has 2 aromatic rings. The number of rotatable bonds is 7. The second kappa shape index (κ2) is 9.55. The Bertz CT molecular complexity index is 882. The monoisotopic (exact) mass is 415 g/mol. The van der Waals surface area contributed by atoms with Crippen molar-refractivity contribution in [3.63, 3.8) is 0 Å². The number of amides is 1. The van der Waals surface area contributed by atoms with Gasteiger partial charge in [-0.25, -0.2) is 4.79 Å². The Hall–Kier alpha value is -2.49. The second-order valence-corrected chi connectivity index (χ2v) is 8.07. The zero-order valence-corrected chi connectivity index (χ0v) is 17.2. The van der Waals surface area contributed by atoms with Gasteiger partial charge in [0.25, 0.3) is 0 Å². The molecule has 2 saturated heterocycles. The van der Waals surface area contributed by atoms with Crippen LogP contribution in [0.15, 0.2) is 39.6 Å². The van der Waals surface area contributed by atoms with Crippen LogP contribution >= 0.6 is 0 Å². The van der Waals surface area contributed by atoms with E-state index in [1.807, 2.05) is 35.2 Å². The Morgan fingerprint density at radius 1 is 1.00 bits per heavy atom. The number of carbonyl (C=O) groups is 1. The summed E-state index contributed by atoms with van der Waals surface area (Å²) >= 11 is 0. The van der Waals surface area contributed by atoms with Gasteiger partial charge in [0.15, 0.2) is 5.82 Å². The number of β-amino-alcohol motifs (C(OH)–C–C–N with tert-alkyl or cyclic N) is 1. The lowest BCUT2D eigenvalue weighted by molar-refractivity contribution is -0.131. The third kappa shape index (κ3) is 4.97. The summed E-state index contributed by atoms with van der Waals surface area (Å²) in [6.07, 6.45) is 1.50. The van der Waals surface area contributed by atoms with E-state index in [0.717, 1.165) is 57.7 Å². The molecule has 1 N–H and O–H groups in total. The van der Waals surface area contributed by atoms with Crippen molar-refractivity contribution < 1.29 is 14.4 Å². The maximum absolute atomic E-state index is 12.3. The molecule has 9 nitrogen and oxygen atoms in total. The molecule has 2 aliphatic rings. The molecular formula is C21H29N5O4. The summed E-state index contributed by atoms with van der Waals surface area (Å²) < 4.78 is 6.20. The Balaban J connectivity index is 1.27. The maximum Gasteiger partial charge on any atom is 0.441 e. The highest BCUT2D eigenvalue weighted by Crippen LogP contribution is 2.15. The largest absolute Gasteiger partial charge is 0.441 e. The van der Waals surface area contributed by atoms with Crippen LogP contribution in [-0.4, -0.2) is 93.9 Å². The van der Waals surface area contributed by atoms with Gasteiger partial charge in [-0.05, 0) is 12.8 Å². The quantitative estimate of drug-likeness (QED) is 0.686. The van der Waals surface area contributed by atoms with Gasteiger partial charge in [0.1, 0.15) is 0 Å². The SMILES string of the molecule is O=C(CN1CCN(CC(O)Cn2c(-c3ccccc3)noc2=O)CC1)N1CCCC1. The predicted octanol–water partition coefficient (Wildman–Crippen LogP) is 0.104. The van der Waals surface area contributed by atoms with Gasteiger partial charge in [0, 0.05) is 51.4 Å². The molecule has 30 heavy (non-hydrogen) atoms. The van der Waals surface area contributed by atoms with Crippen LogP contribution in [-0.2, 0) is 11.3 Å². The minimum Gasteiger partial charge on any atom is -0.390 e. The van der Waals surface area contributed by atoms with Gasteiger partial charge >= 0.3 is 5.76 Å². The molecule has 0 bridgehead atoms. The summed E-state index contributed by atoms with van der Waals surface area (Å²) in [6, 6.07) is 9.32. The summed E-state index contributed by atoms with van der Waals surface area (Å²) in [4.78, 5) is 30.7. The number of nitrogens with zero attached hydrogens (tertiary/aromatic N) is 5. The van der Waals surface area contributed by atoms with E-state index in [-0.39, 0.29) is 12.5 Å². The number of hydrogen-bond donors (Lipinski definition) is 1. The van der Waals surface area contributed by atoms with Crippen molar-refractivity contribution in [2.24, 2.45) is 0 Å². The number of hydrogen-bond acceptors (Lipinski definition) is 7. The van der Waals surface area contributed by atoms with Crippen LogP contribution in [0.4, 0.5) is 0 Å². The highest BCUT2D eigenvalue weighted by molar-refractivity contribution is 5.78. The number of piperazine rings is 1. The van der Waals surface area contributed by atoms with E-state index < -0.39 is 11.9 Å². The van der Waals surface area contributed by atoms with Crippen LogP contribution in [0.3, 0.4) is 0 Å². The van der Waals surface area contributed by atoms with Crippen molar-refractivity contribution >= 4 is 5.91 Å². The predicted molar refractivity (Wildman–Crippen MR) is 111 cm³/mol. The number of likely N-dealkylation sites (tertiary alicyclic amines) is 1. The minimum absolute atomic E-state index is 0.125. The summed E-state index contributed by atoms with van der Waals surface area (Å²) in [7, 11) is 0. The first-order chi connectivity index (χ1) is 14.6. The van der Waals surface area contributed by atoms with Crippen LogP contribution in [0.2, 0.25) is 0 Å². The fraction of sp³-hybridized carbons (Fsp3) is 0.571. The molecule has 1 unspecified atom stereocenters. The van der Waals surface area contributed by atoms with E-state index in [0.29, 0.717) is 18.9 Å². The third-order valence-corrected chi connectivity index (χ3v) is 5.86. The zero-order valence-electron chi connectivity index (χ0n) is 17.2. The lowest BCUT2D eigenvalue weighted by Gasteiger charge is -2.35. The van der Waals surface area contributed by atoms with Crippen LogP contribution in [0.1, 0.15) is 12.8 Å². The topological polar surface area (TPSA) is 95.0 Å². The molecule has 0 saturated carbocycles. The van der Waals surface area contributed by atoms with Crippen molar-refractivity contribution in [3.05, 3.63) is 40.9 Å². The zero-order chi connectivity index (χ0) is 20.9. The molecule has 1 atom stereocenters. The van der Waals surface area contributed by atoms with E-state index in [4.69, 9.17) is 4.52 Å². The first-order valence-corrected chi connectivity index (χ1v) is 10.6. The second-order valence-electron chi connectivity index (χ2n) is 8.07. The summed E-state index contributed by atoms with van der Waals surface area (Å²) in [5, 5.41) is 14.4. The van der Waals surface area contributed by atoms with E-state index in [1.54, 1.807) is 0 Å². The Morgan fingerprint density at radius 2 is 1.67 bits per heavy atom. The van der Waals surface area contributed by atoms with Crippen molar-refractivity contribution in [2.45, 2.75) is 25.5 Å². The van der Waals surface area contributed by atoms with Gasteiger partial charge < -0.3 is 10.0 Å². The maximum atomic E-state index is 12.3. The first-order valence-electron chi connectivity index (χ1n) is 10.6. The average molecular weight is 415 g/mol. The van der Waals surface area contributed by atoms with Gasteiger partial charge in [0.05, 0.1) is 19.2 Å². The summed E-state index contributed by atoms with van der Waals surface area (Å²) in [5.74, 6) is 0.0734. The molecule has 2 fully saturated rings. The molecule has 3 heterocycles. The third-order valence-electron chi connectivity index (χ3n) is 5.86. The lowest BCUT2D eigenvalue weighted by atomic mass is 10.2. The van der Waals surface area contributed by atoms with Crippen LogP contribution in [0.5, 0.6) is 0 Å². The normalized spacial score (nSPS) is 19.3. The summed E-state index contributed by atoms with van der Waals surface area (Å²) in [6.45, 7) is 6.01. The van der Waals surface area contributed by atoms with Crippen molar-refractivity contribution in [1.29, 1.82) is 0 Å². The molecule has 0 spiro atoms. The van der Waals surface area contributed by atoms with Crippen LogP contribution < -0.4 is 5.76 Å². The van der Waals surface area contributed by atoms with Crippen LogP contribution in [0, 0.1) is 0 Å². The van der Waals surface area contributed by atoms with Gasteiger partial charge in [0.2, 0.25) is 5.91 Å². The van der Waals surface area contributed by atoms with E-state index in [2.05, 4.69) is 15.0 Å². The first kappa shape index (κ1) is 20.8. The molecular weight excluding hydrogens is 386 g/mol. The molecule has 162 valence electrons. The van der Waals surface area contributed by atoms with Gasteiger partial charge in [-0.1, -0.05) is 35.5 Å². The highest BCUT2D eigenvalue weighted by atomic mass is 16.5. The van der Waals surface area contributed by atoms with Crippen molar-refractivity contribution in [1.82, 2.24) is 24.4 Å². The van der Waals surface area contributed by atoms with Gasteiger partial charge in [-0.3, -0.25) is 23.7 Å². The number of aliphatic hydroxyl groups excluding tert-OH is 1.